The molecule has 1 aliphatic carbocycles. The molecule has 0 saturated heterocycles. The minimum atomic E-state index is -0.339. The van der Waals surface area contributed by atoms with Gasteiger partial charge in [0.15, 0.2) is 0 Å². The van der Waals surface area contributed by atoms with Gasteiger partial charge in [-0.15, -0.1) is 0 Å². The first-order valence-electron chi connectivity index (χ1n) is 6.04. The van der Waals surface area contributed by atoms with Gasteiger partial charge in [0.05, 0.1) is 0 Å². The number of benzene rings is 1. The normalized spacial score (nSPS) is 23.9. The van der Waals surface area contributed by atoms with Crippen LogP contribution in [0, 0.1) is 17.7 Å². The van der Waals surface area contributed by atoms with Crippen molar-refractivity contribution in [1.29, 1.82) is 0 Å². The maximum absolute atomic E-state index is 13.5. The Bertz CT molecular complexity index is 430. The molecule has 1 saturated carbocycles. The van der Waals surface area contributed by atoms with Gasteiger partial charge in [0.1, 0.15) is 11.6 Å². The third-order valence-corrected chi connectivity index (χ3v) is 3.88. The summed E-state index contributed by atoms with van der Waals surface area (Å²) < 4.78 is 13.5. The average molecular weight is 255 g/mol. The molecule has 0 heterocycles. The number of hydrogen-bond acceptors (Lipinski definition) is 1. The lowest BCUT2D eigenvalue weighted by atomic mass is 9.90. The summed E-state index contributed by atoms with van der Waals surface area (Å²) in [6.07, 6.45) is 3.33. The zero-order valence-corrected chi connectivity index (χ0v) is 10.6. The van der Waals surface area contributed by atoms with E-state index in [9.17, 15) is 9.18 Å². The molecule has 1 aromatic carbocycles. The molecule has 92 valence electrons. The van der Waals surface area contributed by atoms with Crippen molar-refractivity contribution >= 4 is 17.4 Å². The molecule has 1 nitrogen and oxygen atoms in total. The van der Waals surface area contributed by atoms with Crippen molar-refractivity contribution in [3.63, 3.8) is 0 Å². The third kappa shape index (κ3) is 2.86. The van der Waals surface area contributed by atoms with E-state index in [1.54, 1.807) is 6.07 Å². The molecule has 0 aromatic heterocycles. The highest BCUT2D eigenvalue weighted by molar-refractivity contribution is 6.30. The van der Waals surface area contributed by atoms with Gasteiger partial charge < -0.3 is 0 Å². The number of rotatable bonds is 3. The van der Waals surface area contributed by atoms with E-state index in [2.05, 4.69) is 6.92 Å². The number of carbonyl (C=O) groups excluding carboxylic acids is 1. The van der Waals surface area contributed by atoms with Crippen molar-refractivity contribution in [3.05, 3.63) is 34.6 Å². The summed E-state index contributed by atoms with van der Waals surface area (Å²) in [7, 11) is 0. The van der Waals surface area contributed by atoms with Crippen molar-refractivity contribution in [3.8, 4) is 0 Å². The first kappa shape index (κ1) is 12.6. The van der Waals surface area contributed by atoms with Gasteiger partial charge in [-0.3, -0.25) is 4.79 Å². The Kier molecular flexibility index (Phi) is 3.82. The summed E-state index contributed by atoms with van der Waals surface area (Å²) in [4.78, 5) is 12.1. The van der Waals surface area contributed by atoms with E-state index in [0.717, 1.165) is 19.3 Å². The van der Waals surface area contributed by atoms with Crippen LogP contribution in [0.4, 0.5) is 4.39 Å². The van der Waals surface area contributed by atoms with Gasteiger partial charge in [0, 0.05) is 17.4 Å². The number of ketones is 1. The fourth-order valence-corrected chi connectivity index (χ4v) is 2.82. The molecule has 1 aromatic rings. The smallest absolute Gasteiger partial charge is 0.140 e. The molecule has 0 aliphatic heterocycles. The van der Waals surface area contributed by atoms with Gasteiger partial charge in [-0.1, -0.05) is 24.9 Å². The lowest BCUT2D eigenvalue weighted by Gasteiger charge is -2.14. The standard InChI is InChI=1S/C14H16ClFO/c1-9-3-2-4-12(9)14(17)8-10-7-11(15)5-6-13(10)16/h5-7,9,12H,2-4,8H2,1H3. The van der Waals surface area contributed by atoms with Gasteiger partial charge in [0.2, 0.25) is 0 Å². The minimum Gasteiger partial charge on any atom is -0.299 e. The Morgan fingerprint density at radius 3 is 2.88 bits per heavy atom. The maximum Gasteiger partial charge on any atom is 0.140 e. The lowest BCUT2D eigenvalue weighted by Crippen LogP contribution is -2.19. The second-order valence-electron chi connectivity index (χ2n) is 4.89. The van der Waals surface area contributed by atoms with Crippen molar-refractivity contribution < 1.29 is 9.18 Å². The molecule has 0 spiro atoms. The Morgan fingerprint density at radius 2 is 2.24 bits per heavy atom. The molecule has 2 rings (SSSR count). The van der Waals surface area contributed by atoms with Gasteiger partial charge in [-0.25, -0.2) is 4.39 Å². The zero-order valence-electron chi connectivity index (χ0n) is 9.88. The van der Waals surface area contributed by atoms with Crippen LogP contribution < -0.4 is 0 Å². The van der Waals surface area contributed by atoms with Crippen molar-refractivity contribution in [1.82, 2.24) is 0 Å². The van der Waals surface area contributed by atoms with Crippen molar-refractivity contribution in [2.24, 2.45) is 11.8 Å². The van der Waals surface area contributed by atoms with Crippen LogP contribution in [-0.4, -0.2) is 5.78 Å². The molecule has 2 unspecified atom stereocenters. The number of hydrogen-bond donors (Lipinski definition) is 0. The number of halogens is 2. The number of Topliss-reactive ketones (excluding diaryl/α,β-unsaturated/α-hetero) is 1. The third-order valence-electron chi connectivity index (χ3n) is 3.65. The maximum atomic E-state index is 13.5. The average Bonchev–Trinajstić information content (AvgIpc) is 2.70. The fourth-order valence-electron chi connectivity index (χ4n) is 2.62. The number of carbonyl (C=O) groups is 1. The molecule has 3 heteroatoms. The van der Waals surface area contributed by atoms with Gasteiger partial charge in [0.25, 0.3) is 0 Å². The van der Waals surface area contributed by atoms with Crippen molar-refractivity contribution in [2.45, 2.75) is 32.6 Å². The SMILES string of the molecule is CC1CCCC1C(=O)Cc1cc(Cl)ccc1F. The summed E-state index contributed by atoms with van der Waals surface area (Å²) in [5, 5.41) is 0.480. The van der Waals surface area contributed by atoms with E-state index < -0.39 is 0 Å². The molecule has 0 bridgehead atoms. The minimum absolute atomic E-state index is 0.105. The Hall–Kier alpha value is -0.890. The van der Waals surface area contributed by atoms with Crippen LogP contribution in [0.2, 0.25) is 5.02 Å². The predicted molar refractivity (Wildman–Crippen MR) is 66.6 cm³/mol. The largest absolute Gasteiger partial charge is 0.299 e. The quantitative estimate of drug-likeness (QED) is 0.796. The molecule has 0 radical (unpaired) electrons. The second kappa shape index (κ2) is 5.18. The highest BCUT2D eigenvalue weighted by Crippen LogP contribution is 2.32. The first-order chi connectivity index (χ1) is 8.08. The molecular weight excluding hydrogens is 239 g/mol. The van der Waals surface area contributed by atoms with Crippen LogP contribution in [0.5, 0.6) is 0 Å². The van der Waals surface area contributed by atoms with E-state index in [4.69, 9.17) is 11.6 Å². The van der Waals surface area contributed by atoms with Crippen LogP contribution in [0.25, 0.3) is 0 Å². The van der Waals surface area contributed by atoms with Crippen LogP contribution >= 0.6 is 11.6 Å². The van der Waals surface area contributed by atoms with Crippen LogP contribution in [0.3, 0.4) is 0 Å². The Morgan fingerprint density at radius 1 is 1.47 bits per heavy atom. The van der Waals surface area contributed by atoms with Gasteiger partial charge >= 0.3 is 0 Å². The van der Waals surface area contributed by atoms with Gasteiger partial charge in [-0.05, 0) is 42.5 Å². The molecule has 17 heavy (non-hydrogen) atoms. The van der Waals surface area contributed by atoms with E-state index in [1.807, 2.05) is 0 Å². The van der Waals surface area contributed by atoms with E-state index in [-0.39, 0.29) is 23.9 Å². The van der Waals surface area contributed by atoms with E-state index >= 15 is 0 Å². The Balaban J connectivity index is 2.10. The summed E-state index contributed by atoms with van der Waals surface area (Å²) in [6.45, 7) is 2.10. The first-order valence-corrected chi connectivity index (χ1v) is 6.42. The summed E-state index contributed by atoms with van der Waals surface area (Å²) in [5.41, 5.74) is 0.418. The molecular formula is C14H16ClFO. The predicted octanol–water partition coefficient (Wildman–Crippen LogP) is 4.03. The highest BCUT2D eigenvalue weighted by atomic mass is 35.5. The molecule has 1 aliphatic rings. The highest BCUT2D eigenvalue weighted by Gasteiger charge is 2.29. The zero-order chi connectivity index (χ0) is 12.4. The van der Waals surface area contributed by atoms with Gasteiger partial charge in [-0.2, -0.15) is 0 Å². The van der Waals surface area contributed by atoms with Crippen LogP contribution in [0.1, 0.15) is 31.7 Å². The summed E-state index contributed by atoms with van der Waals surface area (Å²) in [6, 6.07) is 4.38. The fraction of sp³-hybridized carbons (Fsp3) is 0.500. The Labute approximate surface area is 106 Å². The van der Waals surface area contributed by atoms with Crippen LogP contribution in [0.15, 0.2) is 18.2 Å². The molecule has 0 amide bonds. The lowest BCUT2D eigenvalue weighted by molar-refractivity contribution is -0.123. The second-order valence-corrected chi connectivity index (χ2v) is 5.33. The van der Waals surface area contributed by atoms with Crippen LogP contribution in [-0.2, 0) is 11.2 Å². The van der Waals surface area contributed by atoms with Crippen molar-refractivity contribution in [2.75, 3.05) is 0 Å². The monoisotopic (exact) mass is 254 g/mol. The molecule has 1 fully saturated rings. The summed E-state index contributed by atoms with van der Waals surface area (Å²) >= 11 is 5.81. The molecule has 0 N–H and O–H groups in total. The van der Waals surface area contributed by atoms with E-state index in [1.165, 1.54) is 12.1 Å². The molecule has 2 atom stereocenters. The summed E-state index contributed by atoms with van der Waals surface area (Å²) in [5.74, 6) is 0.350. The topological polar surface area (TPSA) is 17.1 Å². The van der Waals surface area contributed by atoms with E-state index in [0.29, 0.717) is 16.5 Å².